The number of anilines is 1. The van der Waals surface area contributed by atoms with Crippen molar-refractivity contribution in [1.29, 1.82) is 0 Å². The summed E-state index contributed by atoms with van der Waals surface area (Å²) in [6.07, 6.45) is 2.28. The maximum absolute atomic E-state index is 12.0. The Kier molecular flexibility index (Phi) is 5.78. The molecule has 23 heavy (non-hydrogen) atoms. The molecule has 126 valence electrons. The molecule has 1 atom stereocenters. The molecule has 7 nitrogen and oxygen atoms in total. The first kappa shape index (κ1) is 17.1. The van der Waals surface area contributed by atoms with Crippen molar-refractivity contribution in [3.63, 3.8) is 0 Å². The van der Waals surface area contributed by atoms with Crippen LogP contribution in [0.1, 0.15) is 25.8 Å². The van der Waals surface area contributed by atoms with Crippen LogP contribution < -0.4 is 10.2 Å². The van der Waals surface area contributed by atoms with Crippen LogP contribution in [0.15, 0.2) is 18.3 Å². The molecule has 0 radical (unpaired) electrons. The van der Waals surface area contributed by atoms with Crippen LogP contribution >= 0.6 is 0 Å². The van der Waals surface area contributed by atoms with Gasteiger partial charge in [-0.3, -0.25) is 4.79 Å². The second-order valence-corrected chi connectivity index (χ2v) is 5.63. The van der Waals surface area contributed by atoms with Crippen LogP contribution in [0.3, 0.4) is 0 Å². The van der Waals surface area contributed by atoms with E-state index in [1.807, 2.05) is 12.1 Å². The average molecular weight is 320 g/mol. The first-order chi connectivity index (χ1) is 11.0. The summed E-state index contributed by atoms with van der Waals surface area (Å²) in [7, 11) is 0. The Morgan fingerprint density at radius 2 is 2.13 bits per heavy atom. The van der Waals surface area contributed by atoms with E-state index in [2.05, 4.69) is 29.0 Å². The van der Waals surface area contributed by atoms with Crippen LogP contribution in [0.25, 0.3) is 0 Å². The van der Waals surface area contributed by atoms with Gasteiger partial charge >= 0.3 is 12.0 Å². The molecule has 7 heteroatoms. The van der Waals surface area contributed by atoms with Gasteiger partial charge < -0.3 is 20.2 Å². The Morgan fingerprint density at radius 3 is 2.65 bits per heavy atom. The Morgan fingerprint density at radius 1 is 1.39 bits per heavy atom. The molecule has 2 N–H and O–H groups in total. The molecule has 0 aromatic carbocycles. The van der Waals surface area contributed by atoms with E-state index in [1.54, 1.807) is 11.1 Å². The summed E-state index contributed by atoms with van der Waals surface area (Å²) < 4.78 is 0. The predicted molar refractivity (Wildman–Crippen MR) is 87.3 cm³/mol. The summed E-state index contributed by atoms with van der Waals surface area (Å²) >= 11 is 0. The van der Waals surface area contributed by atoms with Crippen LogP contribution in [0.4, 0.5) is 10.6 Å². The van der Waals surface area contributed by atoms with E-state index in [4.69, 9.17) is 5.11 Å². The number of likely N-dealkylation sites (tertiary alicyclic amines) is 1. The van der Waals surface area contributed by atoms with Crippen molar-refractivity contribution in [2.24, 2.45) is 5.92 Å². The molecule has 1 saturated heterocycles. The molecule has 1 aromatic rings. The zero-order valence-electron chi connectivity index (χ0n) is 13.7. The number of rotatable bonds is 6. The first-order valence-corrected chi connectivity index (χ1v) is 8.00. The number of carbonyl (C=O) groups excluding carboxylic acids is 1. The predicted octanol–water partition coefficient (Wildman–Crippen LogP) is 1.54. The normalized spacial score (nSPS) is 17.1. The van der Waals surface area contributed by atoms with E-state index in [0.717, 1.165) is 24.5 Å². The van der Waals surface area contributed by atoms with Crippen molar-refractivity contribution >= 4 is 17.8 Å². The molecule has 2 rings (SSSR count). The van der Waals surface area contributed by atoms with Gasteiger partial charge in [-0.2, -0.15) is 0 Å². The maximum Gasteiger partial charge on any atom is 0.317 e. The molecule has 0 saturated carbocycles. The number of nitrogens with zero attached hydrogens (tertiary/aromatic N) is 3. The molecular formula is C16H24N4O3. The third-order valence-electron chi connectivity index (χ3n) is 4.17. The van der Waals surface area contributed by atoms with Crippen LogP contribution in [-0.4, -0.2) is 53.2 Å². The second kappa shape index (κ2) is 7.80. The Hall–Kier alpha value is -2.31. The van der Waals surface area contributed by atoms with E-state index in [-0.39, 0.29) is 12.6 Å². The van der Waals surface area contributed by atoms with Gasteiger partial charge in [0.25, 0.3) is 0 Å². The lowest BCUT2D eigenvalue weighted by Gasteiger charge is -2.20. The fourth-order valence-corrected chi connectivity index (χ4v) is 2.69. The molecule has 1 aromatic heterocycles. The lowest BCUT2D eigenvalue weighted by Crippen LogP contribution is -2.38. The van der Waals surface area contributed by atoms with Crippen molar-refractivity contribution in [1.82, 2.24) is 15.2 Å². The standard InChI is InChI=1S/C16H24N4O3/c1-3-19(4-2)14-6-5-12(9-17-14)10-18-16(23)20-8-7-13(11-20)15(21)22/h5-6,9,13H,3-4,7-8,10-11H2,1-2H3,(H,18,23)(H,21,22). The van der Waals surface area contributed by atoms with E-state index >= 15 is 0 Å². The number of amides is 2. The highest BCUT2D eigenvalue weighted by molar-refractivity contribution is 5.77. The number of nitrogens with one attached hydrogen (secondary N) is 1. The number of pyridine rings is 1. The smallest absolute Gasteiger partial charge is 0.317 e. The van der Waals surface area contributed by atoms with Crippen molar-refractivity contribution in [2.75, 3.05) is 31.1 Å². The van der Waals surface area contributed by atoms with Crippen molar-refractivity contribution in [3.8, 4) is 0 Å². The summed E-state index contributed by atoms with van der Waals surface area (Å²) in [5.41, 5.74) is 0.920. The topological polar surface area (TPSA) is 85.8 Å². The minimum Gasteiger partial charge on any atom is -0.481 e. The fourth-order valence-electron chi connectivity index (χ4n) is 2.69. The highest BCUT2D eigenvalue weighted by Gasteiger charge is 2.30. The molecule has 0 aliphatic carbocycles. The lowest BCUT2D eigenvalue weighted by atomic mass is 10.1. The van der Waals surface area contributed by atoms with E-state index in [9.17, 15) is 9.59 Å². The quantitative estimate of drug-likeness (QED) is 0.830. The van der Waals surface area contributed by atoms with E-state index in [0.29, 0.717) is 19.5 Å². The van der Waals surface area contributed by atoms with Gasteiger partial charge in [0.15, 0.2) is 0 Å². The third kappa shape index (κ3) is 4.34. The van der Waals surface area contributed by atoms with E-state index < -0.39 is 11.9 Å². The fraction of sp³-hybridized carbons (Fsp3) is 0.562. The molecule has 2 heterocycles. The van der Waals surface area contributed by atoms with Crippen LogP contribution in [0, 0.1) is 5.92 Å². The largest absolute Gasteiger partial charge is 0.481 e. The minimum absolute atomic E-state index is 0.221. The Labute approximate surface area is 136 Å². The molecule has 0 spiro atoms. The zero-order chi connectivity index (χ0) is 16.8. The number of carboxylic acid groups (broad SMARTS) is 1. The molecular weight excluding hydrogens is 296 g/mol. The summed E-state index contributed by atoms with van der Waals surface area (Å²) in [6.45, 7) is 7.12. The summed E-state index contributed by atoms with van der Waals surface area (Å²) in [5.74, 6) is -0.360. The van der Waals surface area contributed by atoms with Gasteiger partial charge in [0.05, 0.1) is 5.92 Å². The van der Waals surface area contributed by atoms with E-state index in [1.165, 1.54) is 0 Å². The van der Waals surface area contributed by atoms with Gasteiger partial charge in [0.2, 0.25) is 0 Å². The molecule has 1 aliphatic rings. The first-order valence-electron chi connectivity index (χ1n) is 8.00. The second-order valence-electron chi connectivity index (χ2n) is 5.63. The monoisotopic (exact) mass is 320 g/mol. The number of aromatic nitrogens is 1. The van der Waals surface area contributed by atoms with Crippen LogP contribution in [0.5, 0.6) is 0 Å². The summed E-state index contributed by atoms with van der Waals surface area (Å²) in [4.78, 5) is 31.1. The molecule has 1 fully saturated rings. The lowest BCUT2D eigenvalue weighted by molar-refractivity contribution is -0.141. The van der Waals surface area contributed by atoms with Gasteiger partial charge in [-0.05, 0) is 31.9 Å². The molecule has 1 aliphatic heterocycles. The highest BCUT2D eigenvalue weighted by Crippen LogP contribution is 2.16. The zero-order valence-corrected chi connectivity index (χ0v) is 13.7. The van der Waals surface area contributed by atoms with Gasteiger partial charge in [0, 0.05) is 38.9 Å². The maximum atomic E-state index is 12.0. The molecule has 2 amide bonds. The number of carbonyl (C=O) groups is 2. The van der Waals surface area contributed by atoms with Crippen molar-refractivity contribution < 1.29 is 14.7 Å². The Balaban J connectivity index is 1.84. The number of aliphatic carboxylic acids is 1. The number of hydrogen-bond donors (Lipinski definition) is 2. The van der Waals surface area contributed by atoms with Gasteiger partial charge in [0.1, 0.15) is 5.82 Å². The van der Waals surface area contributed by atoms with Crippen LogP contribution in [-0.2, 0) is 11.3 Å². The number of hydrogen-bond acceptors (Lipinski definition) is 4. The van der Waals surface area contributed by atoms with Gasteiger partial charge in [-0.25, -0.2) is 9.78 Å². The number of carboxylic acids is 1. The van der Waals surface area contributed by atoms with Crippen molar-refractivity contribution in [2.45, 2.75) is 26.8 Å². The molecule has 1 unspecified atom stereocenters. The highest BCUT2D eigenvalue weighted by atomic mass is 16.4. The minimum atomic E-state index is -0.837. The summed E-state index contributed by atoms with van der Waals surface area (Å²) in [5, 5.41) is 11.8. The van der Waals surface area contributed by atoms with Crippen molar-refractivity contribution in [3.05, 3.63) is 23.9 Å². The van der Waals surface area contributed by atoms with Gasteiger partial charge in [-0.15, -0.1) is 0 Å². The van der Waals surface area contributed by atoms with Crippen LogP contribution in [0.2, 0.25) is 0 Å². The third-order valence-corrected chi connectivity index (χ3v) is 4.17. The Bertz CT molecular complexity index is 543. The average Bonchev–Trinajstić information content (AvgIpc) is 3.05. The molecule has 0 bridgehead atoms. The number of urea groups is 1. The van der Waals surface area contributed by atoms with Gasteiger partial charge in [-0.1, -0.05) is 6.07 Å². The summed E-state index contributed by atoms with van der Waals surface area (Å²) in [6, 6.07) is 3.68. The SMILES string of the molecule is CCN(CC)c1ccc(CNC(=O)N2CCC(C(=O)O)C2)cn1.